The zero-order valence-electron chi connectivity index (χ0n) is 8.00. The second-order valence-corrected chi connectivity index (χ2v) is 4.67. The zero-order valence-corrected chi connectivity index (χ0v) is 9.59. The van der Waals surface area contributed by atoms with Crippen LogP contribution in [0.1, 0.15) is 24.8 Å². The minimum absolute atomic E-state index is 0.482. The molecule has 14 heavy (non-hydrogen) atoms. The van der Waals surface area contributed by atoms with Gasteiger partial charge in [-0.05, 0) is 43.0 Å². The van der Waals surface area contributed by atoms with Crippen molar-refractivity contribution >= 4 is 21.6 Å². The number of ether oxygens (including phenoxy) is 1. The first-order valence-corrected chi connectivity index (χ1v) is 5.70. The fraction of sp³-hybridized carbons (Fsp3) is 0.455. The maximum absolute atomic E-state index is 5.73. The quantitative estimate of drug-likeness (QED) is 0.843. The average molecular weight is 256 g/mol. The van der Waals surface area contributed by atoms with Gasteiger partial charge in [0.25, 0.3) is 0 Å². The third kappa shape index (κ3) is 2.49. The Morgan fingerprint density at radius 3 is 2.71 bits per heavy atom. The van der Waals surface area contributed by atoms with E-state index in [1.54, 1.807) is 0 Å². The highest BCUT2D eigenvalue weighted by atomic mass is 79.9. The van der Waals surface area contributed by atoms with Gasteiger partial charge in [0.2, 0.25) is 0 Å². The lowest BCUT2D eigenvalue weighted by molar-refractivity contribution is -0.00866. The Morgan fingerprint density at radius 1 is 1.36 bits per heavy atom. The van der Waals surface area contributed by atoms with Crippen LogP contribution >= 0.6 is 15.9 Å². The third-order valence-electron chi connectivity index (χ3n) is 2.52. The molecule has 1 aromatic rings. The van der Waals surface area contributed by atoms with Crippen molar-refractivity contribution in [2.24, 2.45) is 0 Å². The van der Waals surface area contributed by atoms with Gasteiger partial charge in [0, 0.05) is 10.2 Å². The number of nitrogen functional groups attached to an aromatic ring is 1. The predicted molar refractivity (Wildman–Crippen MR) is 61.0 cm³/mol. The van der Waals surface area contributed by atoms with Crippen molar-refractivity contribution in [3.8, 4) is 0 Å². The van der Waals surface area contributed by atoms with E-state index in [2.05, 4.69) is 22.0 Å². The second kappa shape index (κ2) is 4.32. The van der Waals surface area contributed by atoms with Crippen molar-refractivity contribution in [1.29, 1.82) is 0 Å². The highest BCUT2D eigenvalue weighted by Crippen LogP contribution is 2.24. The van der Waals surface area contributed by atoms with Gasteiger partial charge in [0.1, 0.15) is 0 Å². The van der Waals surface area contributed by atoms with E-state index < -0.39 is 0 Å². The van der Waals surface area contributed by atoms with Crippen LogP contribution in [0.5, 0.6) is 0 Å². The molecule has 2 N–H and O–H groups in total. The molecule has 1 fully saturated rings. The van der Waals surface area contributed by atoms with Gasteiger partial charge in [-0.15, -0.1) is 0 Å². The summed E-state index contributed by atoms with van der Waals surface area (Å²) in [5.74, 6) is 0. The Labute approximate surface area is 92.6 Å². The first kappa shape index (κ1) is 9.99. The van der Waals surface area contributed by atoms with E-state index in [9.17, 15) is 0 Å². The SMILES string of the molecule is Nc1cc(Br)cc(COC2CCC2)c1. The first-order chi connectivity index (χ1) is 6.74. The van der Waals surface area contributed by atoms with Gasteiger partial charge in [-0.3, -0.25) is 0 Å². The largest absolute Gasteiger partial charge is 0.399 e. The highest BCUT2D eigenvalue weighted by Gasteiger charge is 2.17. The third-order valence-corrected chi connectivity index (χ3v) is 2.98. The topological polar surface area (TPSA) is 35.2 Å². The molecule has 1 aliphatic rings. The number of nitrogens with two attached hydrogens (primary N) is 1. The summed E-state index contributed by atoms with van der Waals surface area (Å²) in [5, 5.41) is 0. The Balaban J connectivity index is 1.94. The molecular formula is C11H14BrNO. The van der Waals surface area contributed by atoms with E-state index in [1.165, 1.54) is 19.3 Å². The molecule has 0 aromatic heterocycles. The summed E-state index contributed by atoms with van der Waals surface area (Å²) in [6.45, 7) is 0.675. The Hall–Kier alpha value is -0.540. The van der Waals surface area contributed by atoms with Crippen molar-refractivity contribution in [3.63, 3.8) is 0 Å². The van der Waals surface area contributed by atoms with Crippen LogP contribution < -0.4 is 5.73 Å². The lowest BCUT2D eigenvalue weighted by Crippen LogP contribution is -2.21. The van der Waals surface area contributed by atoms with Gasteiger partial charge in [-0.1, -0.05) is 15.9 Å². The van der Waals surface area contributed by atoms with Gasteiger partial charge in [0.05, 0.1) is 12.7 Å². The molecule has 1 aromatic carbocycles. The van der Waals surface area contributed by atoms with Crippen molar-refractivity contribution in [2.75, 3.05) is 5.73 Å². The van der Waals surface area contributed by atoms with Crippen LogP contribution in [0, 0.1) is 0 Å². The van der Waals surface area contributed by atoms with Crippen LogP contribution in [0.15, 0.2) is 22.7 Å². The molecule has 0 radical (unpaired) electrons. The van der Waals surface area contributed by atoms with Crippen LogP contribution in [-0.2, 0) is 11.3 Å². The van der Waals surface area contributed by atoms with Crippen molar-refractivity contribution in [1.82, 2.24) is 0 Å². The summed E-state index contributed by atoms with van der Waals surface area (Å²) < 4.78 is 6.72. The monoisotopic (exact) mass is 255 g/mol. The van der Waals surface area contributed by atoms with E-state index in [4.69, 9.17) is 10.5 Å². The Bertz CT molecular complexity index is 303. The van der Waals surface area contributed by atoms with Crippen molar-refractivity contribution in [2.45, 2.75) is 32.0 Å². The van der Waals surface area contributed by atoms with Gasteiger partial charge in [0.15, 0.2) is 0 Å². The molecule has 0 bridgehead atoms. The standard InChI is InChI=1S/C11H14BrNO/c12-9-4-8(5-10(13)6-9)7-14-11-2-1-3-11/h4-6,11H,1-3,7,13H2. The molecule has 0 unspecified atom stereocenters. The maximum atomic E-state index is 5.73. The number of rotatable bonds is 3. The molecule has 3 heteroatoms. The van der Waals surface area contributed by atoms with Crippen LogP contribution in [0.25, 0.3) is 0 Å². The minimum Gasteiger partial charge on any atom is -0.399 e. The fourth-order valence-electron chi connectivity index (χ4n) is 1.51. The van der Waals surface area contributed by atoms with E-state index in [-0.39, 0.29) is 0 Å². The molecule has 0 amide bonds. The van der Waals surface area contributed by atoms with E-state index >= 15 is 0 Å². The number of benzene rings is 1. The van der Waals surface area contributed by atoms with Gasteiger partial charge >= 0.3 is 0 Å². The summed E-state index contributed by atoms with van der Waals surface area (Å²) >= 11 is 3.42. The molecule has 1 aliphatic carbocycles. The molecule has 2 nitrogen and oxygen atoms in total. The lowest BCUT2D eigenvalue weighted by Gasteiger charge is -2.25. The van der Waals surface area contributed by atoms with Crippen LogP contribution in [0.3, 0.4) is 0 Å². The minimum atomic E-state index is 0.482. The Kier molecular flexibility index (Phi) is 3.08. The van der Waals surface area contributed by atoms with Gasteiger partial charge in [-0.2, -0.15) is 0 Å². The maximum Gasteiger partial charge on any atom is 0.0721 e. The summed E-state index contributed by atoms with van der Waals surface area (Å²) in [7, 11) is 0. The molecule has 0 atom stereocenters. The summed E-state index contributed by atoms with van der Waals surface area (Å²) in [5.41, 5.74) is 7.65. The number of halogens is 1. The van der Waals surface area contributed by atoms with Crippen LogP contribution in [0.2, 0.25) is 0 Å². The molecule has 0 heterocycles. The van der Waals surface area contributed by atoms with Crippen LogP contribution in [0.4, 0.5) is 5.69 Å². The summed E-state index contributed by atoms with van der Waals surface area (Å²) in [4.78, 5) is 0. The molecule has 0 aliphatic heterocycles. The zero-order chi connectivity index (χ0) is 9.97. The fourth-order valence-corrected chi connectivity index (χ4v) is 2.07. The number of hydrogen-bond acceptors (Lipinski definition) is 2. The predicted octanol–water partition coefficient (Wildman–Crippen LogP) is 3.10. The van der Waals surface area contributed by atoms with E-state index in [0.717, 1.165) is 15.7 Å². The number of anilines is 1. The van der Waals surface area contributed by atoms with Gasteiger partial charge < -0.3 is 10.5 Å². The first-order valence-electron chi connectivity index (χ1n) is 4.90. The van der Waals surface area contributed by atoms with E-state index in [0.29, 0.717) is 12.7 Å². The summed E-state index contributed by atoms with van der Waals surface area (Å²) in [6.07, 6.45) is 4.22. The molecule has 0 spiro atoms. The average Bonchev–Trinajstić information content (AvgIpc) is 1.99. The van der Waals surface area contributed by atoms with Crippen LogP contribution in [-0.4, -0.2) is 6.10 Å². The summed E-state index contributed by atoms with van der Waals surface area (Å²) in [6, 6.07) is 5.91. The number of hydrogen-bond donors (Lipinski definition) is 1. The van der Waals surface area contributed by atoms with Crippen molar-refractivity contribution in [3.05, 3.63) is 28.2 Å². The smallest absolute Gasteiger partial charge is 0.0721 e. The molecule has 0 saturated heterocycles. The molecule has 1 saturated carbocycles. The van der Waals surface area contributed by atoms with Crippen molar-refractivity contribution < 1.29 is 4.74 Å². The lowest BCUT2D eigenvalue weighted by atomic mass is 9.96. The molecule has 2 rings (SSSR count). The van der Waals surface area contributed by atoms with E-state index in [1.807, 2.05) is 12.1 Å². The van der Waals surface area contributed by atoms with Gasteiger partial charge in [-0.25, -0.2) is 0 Å². The molecular weight excluding hydrogens is 242 g/mol. The molecule has 76 valence electrons. The Morgan fingerprint density at radius 2 is 2.14 bits per heavy atom. The highest BCUT2D eigenvalue weighted by molar-refractivity contribution is 9.10. The second-order valence-electron chi connectivity index (χ2n) is 3.76. The normalized spacial score (nSPS) is 16.6.